The van der Waals surface area contributed by atoms with E-state index in [1.807, 2.05) is 0 Å². The van der Waals surface area contributed by atoms with Crippen LogP contribution in [0.1, 0.15) is 105 Å². The number of hydrogen-bond acceptors (Lipinski definition) is 1. The molecular formula is C32H42O. The van der Waals surface area contributed by atoms with Crippen molar-refractivity contribution in [1.82, 2.24) is 0 Å². The molecule has 176 valence electrons. The Balaban J connectivity index is 1.78. The number of aliphatic hydroxyl groups is 1. The van der Waals surface area contributed by atoms with E-state index in [4.69, 9.17) is 0 Å². The van der Waals surface area contributed by atoms with Crippen molar-refractivity contribution in [3.05, 3.63) is 87.2 Å². The molecule has 2 aliphatic rings. The molecule has 0 aromatic heterocycles. The summed E-state index contributed by atoms with van der Waals surface area (Å²) in [4.78, 5) is 0. The fraction of sp³-hybridized carbons (Fsp3) is 0.500. The lowest BCUT2D eigenvalue weighted by Crippen LogP contribution is -2.11. The van der Waals surface area contributed by atoms with Crippen LogP contribution in [0.3, 0.4) is 0 Å². The smallest absolute Gasteiger partial charge is 0.118 e. The van der Waals surface area contributed by atoms with Gasteiger partial charge in [0.15, 0.2) is 0 Å². The predicted molar refractivity (Wildman–Crippen MR) is 142 cm³/mol. The summed E-state index contributed by atoms with van der Waals surface area (Å²) in [6, 6.07) is 15.7. The molecule has 2 aromatic rings. The zero-order valence-electron chi connectivity index (χ0n) is 21.1. The van der Waals surface area contributed by atoms with Gasteiger partial charge in [0.2, 0.25) is 0 Å². The van der Waals surface area contributed by atoms with Crippen LogP contribution < -0.4 is 0 Å². The van der Waals surface area contributed by atoms with Crippen LogP contribution in [0.2, 0.25) is 0 Å². The molecule has 0 unspecified atom stereocenters. The number of unbranched alkanes of at least 4 members (excludes halogenated alkanes) is 1. The molecule has 2 aliphatic carbocycles. The lowest BCUT2D eigenvalue weighted by atomic mass is 9.81. The Bertz CT molecular complexity index is 1010. The number of benzene rings is 2. The molecule has 0 spiro atoms. The van der Waals surface area contributed by atoms with Crippen LogP contribution in [0.25, 0.3) is 5.57 Å². The van der Waals surface area contributed by atoms with Gasteiger partial charge in [0.1, 0.15) is 5.76 Å². The van der Waals surface area contributed by atoms with Crippen molar-refractivity contribution in [2.45, 2.75) is 97.8 Å². The lowest BCUT2D eigenvalue weighted by molar-refractivity contribution is 0.290. The highest BCUT2D eigenvalue weighted by atomic mass is 16.3. The summed E-state index contributed by atoms with van der Waals surface area (Å²) in [5.74, 6) is 1.56. The van der Waals surface area contributed by atoms with E-state index in [-0.39, 0.29) is 0 Å². The molecule has 33 heavy (non-hydrogen) atoms. The van der Waals surface area contributed by atoms with Gasteiger partial charge in [-0.25, -0.2) is 0 Å². The third-order valence-electron chi connectivity index (χ3n) is 8.00. The third-order valence-corrected chi connectivity index (χ3v) is 8.00. The standard InChI is InChI=1S/C32H42O/c1-4-5-18-30(32(33)26-15-10-16-26)31(29-19-7-6-11-24(29)3)28-21-20-23(2)27(22-28)17-9-14-25-12-8-13-25/h6-7,11,19-22,25,33H,4-5,8-10,12-18H2,1-3H3/b31-30+. The van der Waals surface area contributed by atoms with Crippen molar-refractivity contribution < 1.29 is 5.11 Å². The maximum atomic E-state index is 11.4. The molecule has 0 heterocycles. The number of aryl methyl sites for hydroxylation is 3. The highest BCUT2D eigenvalue weighted by molar-refractivity contribution is 5.86. The van der Waals surface area contributed by atoms with Crippen LogP contribution in [0, 0.1) is 19.8 Å². The van der Waals surface area contributed by atoms with E-state index in [1.165, 1.54) is 77.5 Å². The first-order chi connectivity index (χ1) is 16.1. The molecule has 2 aromatic carbocycles. The Morgan fingerprint density at radius 1 is 0.939 bits per heavy atom. The second kappa shape index (κ2) is 11.2. The number of allylic oxidation sites excluding steroid dienone is 2. The van der Waals surface area contributed by atoms with Crippen LogP contribution in [-0.4, -0.2) is 5.11 Å². The molecule has 0 amide bonds. The molecule has 0 aliphatic heterocycles. The van der Waals surface area contributed by atoms with E-state index < -0.39 is 0 Å². The monoisotopic (exact) mass is 442 g/mol. The first-order valence-corrected chi connectivity index (χ1v) is 13.4. The minimum atomic E-state index is 0.583. The highest BCUT2D eigenvalue weighted by Crippen LogP contribution is 2.39. The average molecular weight is 443 g/mol. The topological polar surface area (TPSA) is 20.2 Å². The highest BCUT2D eigenvalue weighted by Gasteiger charge is 2.23. The SMILES string of the molecule is CCCC/C(C(O)=C1CCC1)=C(/c1ccc(C)c(CCCC2CCC2)c1)c1ccccc1C. The Morgan fingerprint density at radius 3 is 2.36 bits per heavy atom. The van der Waals surface area contributed by atoms with Crippen molar-refractivity contribution >= 4 is 5.57 Å². The Morgan fingerprint density at radius 2 is 1.73 bits per heavy atom. The fourth-order valence-electron chi connectivity index (χ4n) is 5.32. The summed E-state index contributed by atoms with van der Waals surface area (Å²) in [5.41, 5.74) is 10.3. The second-order valence-electron chi connectivity index (χ2n) is 10.4. The van der Waals surface area contributed by atoms with Crippen LogP contribution in [0.5, 0.6) is 0 Å². The van der Waals surface area contributed by atoms with E-state index >= 15 is 0 Å². The van der Waals surface area contributed by atoms with Crippen molar-refractivity contribution in [3.63, 3.8) is 0 Å². The van der Waals surface area contributed by atoms with E-state index in [0.717, 1.165) is 50.0 Å². The van der Waals surface area contributed by atoms with Gasteiger partial charge in [-0.1, -0.05) is 81.5 Å². The quantitative estimate of drug-likeness (QED) is 0.363. The number of rotatable bonds is 10. The summed E-state index contributed by atoms with van der Waals surface area (Å²) >= 11 is 0. The fourth-order valence-corrected chi connectivity index (χ4v) is 5.32. The van der Waals surface area contributed by atoms with Crippen molar-refractivity contribution in [1.29, 1.82) is 0 Å². The van der Waals surface area contributed by atoms with E-state index in [9.17, 15) is 5.11 Å². The molecule has 2 saturated carbocycles. The van der Waals surface area contributed by atoms with Crippen LogP contribution in [-0.2, 0) is 6.42 Å². The van der Waals surface area contributed by atoms with E-state index in [0.29, 0.717) is 5.76 Å². The van der Waals surface area contributed by atoms with Gasteiger partial charge in [0.05, 0.1) is 0 Å². The summed E-state index contributed by atoms with van der Waals surface area (Å²) in [7, 11) is 0. The molecule has 4 rings (SSSR count). The van der Waals surface area contributed by atoms with Crippen LogP contribution in [0.15, 0.2) is 59.4 Å². The maximum absolute atomic E-state index is 11.4. The lowest BCUT2D eigenvalue weighted by Gasteiger charge is -2.25. The molecule has 1 N–H and O–H groups in total. The first kappa shape index (κ1) is 23.9. The van der Waals surface area contributed by atoms with Gasteiger partial charge < -0.3 is 5.11 Å². The first-order valence-electron chi connectivity index (χ1n) is 13.4. The summed E-state index contributed by atoms with van der Waals surface area (Å²) in [5, 5.41) is 11.4. The molecule has 0 bridgehead atoms. The summed E-state index contributed by atoms with van der Waals surface area (Å²) in [6.45, 7) is 6.70. The molecule has 1 heteroatoms. The van der Waals surface area contributed by atoms with Gasteiger partial charge in [0.25, 0.3) is 0 Å². The van der Waals surface area contributed by atoms with Gasteiger partial charge in [0, 0.05) is 5.57 Å². The molecule has 1 nitrogen and oxygen atoms in total. The van der Waals surface area contributed by atoms with Crippen LogP contribution >= 0.6 is 0 Å². The van der Waals surface area contributed by atoms with Crippen molar-refractivity contribution in [2.24, 2.45) is 5.92 Å². The number of aliphatic hydroxyl groups excluding tert-OH is 1. The number of hydrogen-bond donors (Lipinski definition) is 1. The van der Waals surface area contributed by atoms with Crippen molar-refractivity contribution in [3.8, 4) is 0 Å². The van der Waals surface area contributed by atoms with Crippen molar-refractivity contribution in [2.75, 3.05) is 0 Å². The molecule has 2 fully saturated rings. The van der Waals surface area contributed by atoms with Gasteiger partial charge in [-0.05, 0) is 104 Å². The van der Waals surface area contributed by atoms with Gasteiger partial charge >= 0.3 is 0 Å². The third kappa shape index (κ3) is 5.62. The second-order valence-corrected chi connectivity index (χ2v) is 10.4. The normalized spacial score (nSPS) is 16.8. The molecule has 0 radical (unpaired) electrons. The van der Waals surface area contributed by atoms with E-state index in [2.05, 4.69) is 63.2 Å². The molecular weight excluding hydrogens is 400 g/mol. The minimum absolute atomic E-state index is 0.583. The minimum Gasteiger partial charge on any atom is -0.508 e. The van der Waals surface area contributed by atoms with Gasteiger partial charge in [-0.2, -0.15) is 0 Å². The summed E-state index contributed by atoms with van der Waals surface area (Å²) in [6.07, 6.45) is 14.6. The van der Waals surface area contributed by atoms with Gasteiger partial charge in [-0.3, -0.25) is 0 Å². The Kier molecular flexibility index (Phi) is 8.12. The maximum Gasteiger partial charge on any atom is 0.118 e. The Hall–Kier alpha value is -2.28. The van der Waals surface area contributed by atoms with Gasteiger partial charge in [-0.15, -0.1) is 0 Å². The van der Waals surface area contributed by atoms with E-state index in [1.54, 1.807) is 0 Å². The zero-order valence-corrected chi connectivity index (χ0v) is 21.1. The summed E-state index contributed by atoms with van der Waals surface area (Å²) < 4.78 is 0. The zero-order chi connectivity index (χ0) is 23.2. The molecule has 0 saturated heterocycles. The molecule has 0 atom stereocenters. The average Bonchev–Trinajstić information content (AvgIpc) is 2.74. The Labute approximate surface area is 201 Å². The largest absolute Gasteiger partial charge is 0.508 e. The predicted octanol–water partition coefficient (Wildman–Crippen LogP) is 9.41. The van der Waals surface area contributed by atoms with Crippen LogP contribution in [0.4, 0.5) is 0 Å².